The van der Waals surface area contributed by atoms with Crippen molar-refractivity contribution in [3.8, 4) is 5.75 Å². The van der Waals surface area contributed by atoms with Crippen LogP contribution in [0.3, 0.4) is 0 Å². The van der Waals surface area contributed by atoms with Crippen LogP contribution in [0.4, 0.5) is 0 Å². The zero-order valence-electron chi connectivity index (χ0n) is 9.27. The fraction of sp³-hybridized carbons (Fsp3) is 0.636. The Bertz CT molecular complexity index is 316. The summed E-state index contributed by atoms with van der Waals surface area (Å²) in [7, 11) is 1.73. The van der Waals surface area contributed by atoms with Gasteiger partial charge in [0, 0.05) is 25.7 Å². The van der Waals surface area contributed by atoms with Crippen LogP contribution in [0.2, 0.25) is 0 Å². The monoisotopic (exact) mass is 226 g/mol. The summed E-state index contributed by atoms with van der Waals surface area (Å²) in [5, 5.41) is 2.08. The molecule has 3 nitrogen and oxygen atoms in total. The zero-order chi connectivity index (χ0) is 10.8. The van der Waals surface area contributed by atoms with Crippen molar-refractivity contribution in [2.75, 3.05) is 20.2 Å². The fourth-order valence-electron chi connectivity index (χ4n) is 2.05. The van der Waals surface area contributed by atoms with Crippen LogP contribution in [0.25, 0.3) is 0 Å². The molecular formula is C11H18N2OS. The Morgan fingerprint density at radius 3 is 3.00 bits per heavy atom. The van der Waals surface area contributed by atoms with E-state index < -0.39 is 0 Å². The summed E-state index contributed by atoms with van der Waals surface area (Å²) in [5.74, 6) is 1.61. The van der Waals surface area contributed by atoms with Gasteiger partial charge in [0.15, 0.2) is 0 Å². The molecule has 0 saturated carbocycles. The van der Waals surface area contributed by atoms with Gasteiger partial charge < -0.3 is 10.5 Å². The molecule has 2 rings (SSSR count). The molecule has 1 aliphatic heterocycles. The number of thiophene rings is 1. The van der Waals surface area contributed by atoms with Crippen molar-refractivity contribution in [2.45, 2.75) is 19.5 Å². The number of hydrogen-bond donors (Lipinski definition) is 1. The lowest BCUT2D eigenvalue weighted by Gasteiger charge is -2.14. The Morgan fingerprint density at radius 1 is 1.60 bits per heavy atom. The molecule has 0 amide bonds. The van der Waals surface area contributed by atoms with E-state index >= 15 is 0 Å². The maximum Gasteiger partial charge on any atom is 0.134 e. The molecule has 0 spiro atoms. The van der Waals surface area contributed by atoms with E-state index in [1.54, 1.807) is 18.4 Å². The van der Waals surface area contributed by atoms with Crippen LogP contribution >= 0.6 is 11.3 Å². The summed E-state index contributed by atoms with van der Waals surface area (Å²) in [6, 6.07) is 2.36. The van der Waals surface area contributed by atoms with Crippen LogP contribution in [0.5, 0.6) is 5.75 Å². The maximum absolute atomic E-state index is 6.00. The molecule has 1 aromatic heterocycles. The third kappa shape index (κ3) is 2.33. The number of rotatable bonds is 3. The highest BCUT2D eigenvalue weighted by atomic mass is 32.1. The zero-order valence-corrected chi connectivity index (χ0v) is 10.1. The summed E-state index contributed by atoms with van der Waals surface area (Å²) in [4.78, 5) is 3.71. The molecule has 0 aromatic carbocycles. The predicted molar refractivity (Wildman–Crippen MR) is 63.3 cm³/mol. The van der Waals surface area contributed by atoms with Gasteiger partial charge in [-0.3, -0.25) is 4.90 Å². The molecule has 2 atom stereocenters. The molecule has 1 aliphatic rings. The molecule has 4 heteroatoms. The first-order chi connectivity index (χ1) is 7.20. The molecule has 1 aromatic rings. The third-order valence-corrected chi connectivity index (χ3v) is 3.92. The summed E-state index contributed by atoms with van der Waals surface area (Å²) >= 11 is 1.76. The molecule has 1 saturated heterocycles. The molecule has 2 unspecified atom stereocenters. The van der Waals surface area contributed by atoms with Gasteiger partial charge in [-0.2, -0.15) is 0 Å². The standard InChI is InChI=1S/C11H18N2OS/c1-8-5-13(6-9(8)12)7-11-10(14-2)3-4-15-11/h3-4,8-9H,5-7,12H2,1-2H3. The fourth-order valence-corrected chi connectivity index (χ4v) is 2.93. The normalized spacial score (nSPS) is 27.1. The van der Waals surface area contributed by atoms with Crippen molar-refractivity contribution in [3.63, 3.8) is 0 Å². The summed E-state index contributed by atoms with van der Waals surface area (Å²) in [6.45, 7) is 5.29. The van der Waals surface area contributed by atoms with Gasteiger partial charge in [0.25, 0.3) is 0 Å². The summed E-state index contributed by atoms with van der Waals surface area (Å²) < 4.78 is 5.30. The van der Waals surface area contributed by atoms with E-state index in [0.29, 0.717) is 12.0 Å². The van der Waals surface area contributed by atoms with Gasteiger partial charge in [0.1, 0.15) is 5.75 Å². The van der Waals surface area contributed by atoms with Crippen molar-refractivity contribution < 1.29 is 4.74 Å². The molecule has 15 heavy (non-hydrogen) atoms. The van der Waals surface area contributed by atoms with Crippen molar-refractivity contribution >= 4 is 11.3 Å². The molecular weight excluding hydrogens is 208 g/mol. The highest BCUT2D eigenvalue weighted by Crippen LogP contribution is 2.27. The third-order valence-electron chi connectivity index (χ3n) is 3.04. The summed E-state index contributed by atoms with van der Waals surface area (Å²) in [5.41, 5.74) is 6.00. The van der Waals surface area contributed by atoms with Crippen LogP contribution < -0.4 is 10.5 Å². The quantitative estimate of drug-likeness (QED) is 0.849. The van der Waals surface area contributed by atoms with Gasteiger partial charge in [0.2, 0.25) is 0 Å². The van der Waals surface area contributed by atoms with Crippen molar-refractivity contribution in [3.05, 3.63) is 16.3 Å². The molecule has 0 radical (unpaired) electrons. The number of nitrogens with zero attached hydrogens (tertiary/aromatic N) is 1. The van der Waals surface area contributed by atoms with E-state index in [1.807, 2.05) is 6.07 Å². The number of hydrogen-bond acceptors (Lipinski definition) is 4. The first kappa shape index (κ1) is 10.9. The SMILES string of the molecule is COc1ccsc1CN1CC(C)C(N)C1. The van der Waals surface area contributed by atoms with Crippen LogP contribution in [-0.2, 0) is 6.54 Å². The smallest absolute Gasteiger partial charge is 0.134 e. The highest BCUT2D eigenvalue weighted by molar-refractivity contribution is 7.10. The Hall–Kier alpha value is -0.580. The minimum Gasteiger partial charge on any atom is -0.496 e. The highest BCUT2D eigenvalue weighted by Gasteiger charge is 2.27. The average molecular weight is 226 g/mol. The molecule has 1 fully saturated rings. The Labute approximate surface area is 94.8 Å². The lowest BCUT2D eigenvalue weighted by Crippen LogP contribution is -2.28. The second-order valence-electron chi connectivity index (χ2n) is 4.25. The lowest BCUT2D eigenvalue weighted by molar-refractivity contribution is 0.314. The second kappa shape index (κ2) is 4.51. The van der Waals surface area contributed by atoms with Gasteiger partial charge in [-0.15, -0.1) is 11.3 Å². The van der Waals surface area contributed by atoms with E-state index in [4.69, 9.17) is 10.5 Å². The van der Waals surface area contributed by atoms with E-state index in [0.717, 1.165) is 25.4 Å². The van der Waals surface area contributed by atoms with Crippen LogP contribution in [0.1, 0.15) is 11.8 Å². The maximum atomic E-state index is 6.00. The van der Waals surface area contributed by atoms with Gasteiger partial charge in [-0.05, 0) is 17.4 Å². The largest absolute Gasteiger partial charge is 0.496 e. The Morgan fingerprint density at radius 2 is 2.40 bits per heavy atom. The van der Waals surface area contributed by atoms with Gasteiger partial charge >= 0.3 is 0 Å². The van der Waals surface area contributed by atoms with E-state index in [9.17, 15) is 0 Å². The van der Waals surface area contributed by atoms with Gasteiger partial charge in [-0.25, -0.2) is 0 Å². The van der Waals surface area contributed by atoms with Gasteiger partial charge in [-0.1, -0.05) is 6.92 Å². The molecule has 0 aliphatic carbocycles. The van der Waals surface area contributed by atoms with Gasteiger partial charge in [0.05, 0.1) is 12.0 Å². The number of nitrogens with two attached hydrogens (primary N) is 1. The second-order valence-corrected chi connectivity index (χ2v) is 5.25. The Balaban J connectivity index is 1.98. The molecule has 2 N–H and O–H groups in total. The van der Waals surface area contributed by atoms with Crippen molar-refractivity contribution in [1.29, 1.82) is 0 Å². The first-order valence-electron chi connectivity index (χ1n) is 5.29. The van der Waals surface area contributed by atoms with Crippen LogP contribution in [-0.4, -0.2) is 31.1 Å². The molecule has 84 valence electrons. The average Bonchev–Trinajstić information content (AvgIpc) is 2.75. The molecule has 2 heterocycles. The lowest BCUT2D eigenvalue weighted by atomic mass is 10.1. The Kier molecular flexibility index (Phi) is 3.29. The number of likely N-dealkylation sites (tertiary alicyclic amines) is 1. The molecule has 0 bridgehead atoms. The summed E-state index contributed by atoms with van der Waals surface area (Å²) in [6.07, 6.45) is 0. The van der Waals surface area contributed by atoms with Crippen LogP contribution in [0.15, 0.2) is 11.4 Å². The van der Waals surface area contributed by atoms with E-state index in [2.05, 4.69) is 17.2 Å². The number of methoxy groups -OCH3 is 1. The topological polar surface area (TPSA) is 38.5 Å². The minimum atomic E-state index is 0.330. The first-order valence-corrected chi connectivity index (χ1v) is 6.17. The minimum absolute atomic E-state index is 0.330. The van der Waals surface area contributed by atoms with Crippen molar-refractivity contribution in [1.82, 2.24) is 4.90 Å². The van der Waals surface area contributed by atoms with Crippen LogP contribution in [0, 0.1) is 5.92 Å². The predicted octanol–water partition coefficient (Wildman–Crippen LogP) is 1.54. The number of ether oxygens (including phenoxy) is 1. The van der Waals surface area contributed by atoms with Crippen molar-refractivity contribution in [2.24, 2.45) is 11.7 Å². The van der Waals surface area contributed by atoms with E-state index in [-0.39, 0.29) is 0 Å². The van der Waals surface area contributed by atoms with E-state index in [1.165, 1.54) is 4.88 Å².